The molecule has 0 saturated carbocycles. The molecule has 4 aliphatic heterocycles. The van der Waals surface area contributed by atoms with E-state index in [-0.39, 0.29) is 63.0 Å². The van der Waals surface area contributed by atoms with E-state index in [9.17, 15) is 38.4 Å². The van der Waals surface area contributed by atoms with E-state index in [0.29, 0.717) is 106 Å². The van der Waals surface area contributed by atoms with Gasteiger partial charge in [-0.25, -0.2) is 28.6 Å². The van der Waals surface area contributed by atoms with Crippen molar-refractivity contribution >= 4 is 81.7 Å². The number of esters is 1. The first kappa shape index (κ1) is 62.7. The molecule has 4 heterocycles. The van der Waals surface area contributed by atoms with Crippen molar-refractivity contribution in [3.05, 3.63) is 144 Å². The van der Waals surface area contributed by atoms with E-state index in [0.717, 1.165) is 35.2 Å². The predicted octanol–water partition coefficient (Wildman–Crippen LogP) is 5.73. The summed E-state index contributed by atoms with van der Waals surface area (Å²) in [5, 5.41) is 5.24. The largest absolute Gasteiger partial charge is 0.455 e. The number of hydrogen-bond acceptors (Lipinski definition) is 16. The van der Waals surface area contributed by atoms with Crippen LogP contribution >= 0.6 is 0 Å². The van der Waals surface area contributed by atoms with Crippen molar-refractivity contribution in [2.45, 2.75) is 71.2 Å². The van der Waals surface area contributed by atoms with E-state index in [2.05, 4.69) is 21.5 Å². The Hall–Kier alpha value is -9.32. The molecule has 0 spiro atoms. The molecule has 456 valence electrons. The van der Waals surface area contributed by atoms with Gasteiger partial charge >= 0.3 is 18.2 Å². The van der Waals surface area contributed by atoms with E-state index in [4.69, 9.17) is 19.9 Å². The van der Waals surface area contributed by atoms with Crippen molar-refractivity contribution in [3.63, 3.8) is 0 Å². The van der Waals surface area contributed by atoms with Crippen molar-refractivity contribution in [3.8, 4) is 0 Å². The number of hydrogen-bond donors (Lipinski definition) is 5. The number of nitrogen functional groups attached to an aromatic ring is 1. The monoisotopic (exact) mass is 1190 g/mol. The van der Waals surface area contributed by atoms with E-state index >= 15 is 8.78 Å². The molecule has 0 unspecified atom stereocenters. The van der Waals surface area contributed by atoms with Crippen LogP contribution in [0.5, 0.6) is 0 Å². The second-order valence-electron chi connectivity index (χ2n) is 21.2. The van der Waals surface area contributed by atoms with Crippen molar-refractivity contribution in [1.82, 2.24) is 25.9 Å². The summed E-state index contributed by atoms with van der Waals surface area (Å²) in [5.74, 6) is -2.77. The van der Waals surface area contributed by atoms with Crippen LogP contribution < -0.4 is 46.8 Å². The molecule has 4 saturated heterocycles. The number of amides is 6. The standard InChI is InChI=1S/C36H41FN6O7.C26H32FN5O4/c1-25(44)38-21-30-23-43(36(48)50-30)29-14-15-32(31(37)20-29)41-16-18-42(19-17-41)34(46)9-5-8-26-10-12-28(13-11-26)40-39-22-33(45)35(47)49-24-27-6-3-2-4-7-27;1-18(33)29-16-22-17-32(26(35)36-22)21-9-10-24(23(27)15-21)30-11-13-31(14-12-30)25(34)4-2-3-19-5-7-20(28)8-6-19/h2-4,6-7,10-15,20,30,39-40H,5,8-9,16-19,21-24H2,1H3,(H,38,44);5-10,15,22H,2-4,11-14,16-17,28H2,1H3,(H,29,33)/t30-;22-/m00/s1. The van der Waals surface area contributed by atoms with E-state index < -0.39 is 47.8 Å². The zero-order valence-corrected chi connectivity index (χ0v) is 48.3. The third-order valence-corrected chi connectivity index (χ3v) is 14.9. The molecule has 22 nitrogen and oxygen atoms in total. The molecular weight excluding hydrogens is 1110 g/mol. The van der Waals surface area contributed by atoms with Crippen LogP contribution in [0.1, 0.15) is 56.2 Å². The summed E-state index contributed by atoms with van der Waals surface area (Å²) in [5.41, 5.74) is 17.4. The Labute approximate surface area is 497 Å². The lowest BCUT2D eigenvalue weighted by Crippen LogP contribution is -2.49. The third-order valence-electron chi connectivity index (χ3n) is 14.9. The van der Waals surface area contributed by atoms with Gasteiger partial charge in [-0.2, -0.15) is 0 Å². The number of rotatable bonds is 23. The lowest BCUT2D eigenvalue weighted by Gasteiger charge is -2.36. The maximum Gasteiger partial charge on any atom is 0.414 e. The predicted molar refractivity (Wildman–Crippen MR) is 319 cm³/mol. The minimum Gasteiger partial charge on any atom is -0.455 e. The Kier molecular flexibility index (Phi) is 22.2. The van der Waals surface area contributed by atoms with Gasteiger partial charge in [0.25, 0.3) is 5.78 Å². The summed E-state index contributed by atoms with van der Waals surface area (Å²) in [6.07, 6.45) is 1.68. The first-order valence-corrected chi connectivity index (χ1v) is 28.7. The fraction of sp³-hybridized carbons (Fsp3) is 0.387. The highest BCUT2D eigenvalue weighted by Crippen LogP contribution is 2.31. The molecule has 5 aromatic rings. The van der Waals surface area contributed by atoms with Crippen LogP contribution in [0.2, 0.25) is 0 Å². The average molecular weight is 1190 g/mol. The first-order valence-electron chi connectivity index (χ1n) is 28.7. The molecule has 4 fully saturated rings. The number of cyclic esters (lactones) is 2. The van der Waals surface area contributed by atoms with Gasteiger partial charge in [-0.1, -0.05) is 54.6 Å². The number of ether oxygens (including phenoxy) is 3. The molecule has 0 aliphatic carbocycles. The fourth-order valence-electron chi connectivity index (χ4n) is 10.2. The Morgan fingerprint density at radius 2 is 1.03 bits per heavy atom. The SMILES string of the molecule is CC(=O)NC[C@H]1CN(c2ccc(N3CCN(C(=O)CCCc4ccc(N)cc4)CC3)c(F)c2)C(=O)O1.CC(=O)NC[C@H]1CN(c2ccc(N3CCN(C(=O)CCCc4ccc(NNCC(=O)C(=O)OCc5ccccc5)cc4)CC3)c(F)c2)C(=O)O1. The highest BCUT2D eigenvalue weighted by Gasteiger charge is 2.35. The number of nitrogens with zero attached hydrogens (tertiary/aromatic N) is 6. The number of nitrogens with two attached hydrogens (primary N) is 1. The number of Topliss-reactive ketones (excluding diaryl/α,β-unsaturated/α-hetero) is 1. The molecule has 24 heteroatoms. The third kappa shape index (κ3) is 18.1. The van der Waals surface area contributed by atoms with Crippen LogP contribution in [-0.4, -0.2) is 155 Å². The molecular formula is C62H73F2N11O11. The number of halogens is 2. The van der Waals surface area contributed by atoms with Gasteiger partial charge in [-0.15, -0.1) is 0 Å². The van der Waals surface area contributed by atoms with Crippen molar-refractivity contribution in [2.75, 3.05) is 116 Å². The number of benzene rings is 5. The van der Waals surface area contributed by atoms with Gasteiger partial charge in [0.2, 0.25) is 23.6 Å². The van der Waals surface area contributed by atoms with Gasteiger partial charge in [0, 0.05) is 90.4 Å². The number of piperazine rings is 2. The number of hydrazine groups is 1. The molecule has 86 heavy (non-hydrogen) atoms. The Balaban J connectivity index is 0.000000236. The topological polar surface area (TPSA) is 258 Å². The summed E-state index contributed by atoms with van der Waals surface area (Å²) in [6, 6.07) is 33.6. The van der Waals surface area contributed by atoms with Gasteiger partial charge in [-0.3, -0.25) is 33.8 Å². The number of anilines is 6. The van der Waals surface area contributed by atoms with Crippen LogP contribution in [0.3, 0.4) is 0 Å². The zero-order chi connectivity index (χ0) is 61.1. The number of ketones is 1. The van der Waals surface area contributed by atoms with Gasteiger partial charge in [0.1, 0.15) is 30.4 Å². The zero-order valence-electron chi connectivity index (χ0n) is 48.3. The van der Waals surface area contributed by atoms with Crippen molar-refractivity contribution in [1.29, 1.82) is 0 Å². The lowest BCUT2D eigenvalue weighted by atomic mass is 10.1. The molecule has 6 amide bonds. The maximum absolute atomic E-state index is 15.2. The van der Waals surface area contributed by atoms with Crippen molar-refractivity contribution < 1.29 is 61.3 Å². The molecule has 0 aromatic heterocycles. The highest BCUT2D eigenvalue weighted by molar-refractivity contribution is 6.34. The van der Waals surface area contributed by atoms with Crippen LogP contribution in [0.15, 0.2) is 115 Å². The molecule has 0 bridgehead atoms. The smallest absolute Gasteiger partial charge is 0.414 e. The minimum absolute atomic E-state index is 0.0341. The normalized spacial score (nSPS) is 16.6. The summed E-state index contributed by atoms with van der Waals surface area (Å²) < 4.78 is 45.8. The molecule has 0 radical (unpaired) electrons. The second kappa shape index (κ2) is 30.5. The van der Waals surface area contributed by atoms with Gasteiger partial charge in [0.15, 0.2) is 0 Å². The Morgan fingerprint density at radius 3 is 1.48 bits per heavy atom. The minimum atomic E-state index is -0.904. The van der Waals surface area contributed by atoms with E-state index in [1.807, 2.05) is 81.4 Å². The maximum atomic E-state index is 15.2. The molecule has 4 aliphatic rings. The molecule has 5 aromatic carbocycles. The van der Waals surface area contributed by atoms with Crippen LogP contribution in [-0.2, 0) is 62.4 Å². The van der Waals surface area contributed by atoms with Gasteiger partial charge in [-0.05, 0) is 103 Å². The first-order chi connectivity index (χ1) is 41.5. The molecule has 6 N–H and O–H groups in total. The summed E-state index contributed by atoms with van der Waals surface area (Å²) >= 11 is 0. The highest BCUT2D eigenvalue weighted by atomic mass is 19.1. The van der Waals surface area contributed by atoms with Gasteiger partial charge < -0.3 is 55.6 Å². The Morgan fingerprint density at radius 1 is 0.581 bits per heavy atom. The van der Waals surface area contributed by atoms with Crippen LogP contribution in [0.4, 0.5) is 52.5 Å². The fourth-order valence-corrected chi connectivity index (χ4v) is 10.2. The number of carbonyl (C=O) groups excluding carboxylic acids is 8. The Bertz CT molecular complexity index is 3180. The van der Waals surface area contributed by atoms with Crippen LogP contribution in [0.25, 0.3) is 0 Å². The van der Waals surface area contributed by atoms with Crippen molar-refractivity contribution in [2.24, 2.45) is 0 Å². The van der Waals surface area contributed by atoms with Crippen LogP contribution in [0, 0.1) is 11.6 Å². The summed E-state index contributed by atoms with van der Waals surface area (Å²) in [4.78, 5) is 106. The lowest BCUT2D eigenvalue weighted by molar-refractivity contribution is -0.154. The van der Waals surface area contributed by atoms with E-state index in [1.165, 1.54) is 35.8 Å². The molecule has 9 rings (SSSR count). The quantitative estimate of drug-likeness (QED) is 0.0172. The summed E-state index contributed by atoms with van der Waals surface area (Å²) in [6.45, 7) is 7.46. The molecule has 2 atom stereocenters. The average Bonchev–Trinajstić information content (AvgIpc) is 2.37. The number of carbonyl (C=O) groups is 8. The number of aryl methyl sites for hydroxylation is 2. The number of nitrogens with one attached hydrogen (secondary N) is 4. The summed E-state index contributed by atoms with van der Waals surface area (Å²) in [7, 11) is 0. The van der Waals surface area contributed by atoms with E-state index in [1.54, 1.807) is 41.3 Å². The van der Waals surface area contributed by atoms with Gasteiger partial charge in [0.05, 0.1) is 55.5 Å². The second-order valence-corrected chi connectivity index (χ2v) is 21.2.